The van der Waals surface area contributed by atoms with Crippen LogP contribution in [0.15, 0.2) is 11.1 Å². The van der Waals surface area contributed by atoms with Crippen LogP contribution in [0.2, 0.25) is 0 Å². The normalized spacial score (nSPS) is 11.9. The number of nitrogens with zero attached hydrogens (tertiary/aromatic N) is 1. The summed E-state index contributed by atoms with van der Waals surface area (Å²) >= 11 is 1.66. The van der Waals surface area contributed by atoms with E-state index in [9.17, 15) is 17.2 Å². The first-order chi connectivity index (χ1) is 7.27. The lowest BCUT2D eigenvalue weighted by Gasteiger charge is -2.09. The van der Waals surface area contributed by atoms with Gasteiger partial charge in [0.25, 0.3) is 15.5 Å². The molecule has 0 atom stereocenters. The molecule has 0 aliphatic rings. The van der Waals surface area contributed by atoms with Crippen LogP contribution in [-0.4, -0.2) is 20.5 Å². The molecule has 0 bridgehead atoms. The van der Waals surface area contributed by atoms with Crippen molar-refractivity contribution in [2.45, 2.75) is 11.5 Å². The van der Waals surface area contributed by atoms with Crippen molar-refractivity contribution >= 4 is 42.3 Å². The molecule has 1 rings (SSSR count). The molecule has 0 radical (unpaired) electrons. The molecular formula is C7H5ClF2INO3S. The van der Waals surface area contributed by atoms with Gasteiger partial charge in [-0.1, -0.05) is 0 Å². The number of methoxy groups -OCH3 is 1. The van der Waals surface area contributed by atoms with E-state index < -0.39 is 26.2 Å². The first-order valence-electron chi connectivity index (χ1n) is 3.74. The zero-order chi connectivity index (χ0) is 12.5. The number of hydrogen-bond acceptors (Lipinski definition) is 4. The van der Waals surface area contributed by atoms with E-state index in [0.717, 1.165) is 6.07 Å². The van der Waals surface area contributed by atoms with Crippen LogP contribution in [-0.2, 0) is 9.05 Å². The molecule has 0 fully saturated rings. The van der Waals surface area contributed by atoms with Crippen LogP contribution < -0.4 is 4.74 Å². The zero-order valence-electron chi connectivity index (χ0n) is 7.75. The molecule has 90 valence electrons. The lowest BCUT2D eigenvalue weighted by Crippen LogP contribution is -2.04. The van der Waals surface area contributed by atoms with Gasteiger partial charge in [-0.2, -0.15) is 0 Å². The topological polar surface area (TPSA) is 56.3 Å². The second-order valence-corrected chi connectivity index (χ2v) is 6.27. The summed E-state index contributed by atoms with van der Waals surface area (Å²) in [5.41, 5.74) is -0.742. The Hall–Kier alpha value is -0.220. The first kappa shape index (κ1) is 13.8. The van der Waals surface area contributed by atoms with Crippen molar-refractivity contribution < 1.29 is 21.9 Å². The van der Waals surface area contributed by atoms with Gasteiger partial charge in [-0.3, -0.25) is 0 Å². The molecule has 1 heterocycles. The predicted octanol–water partition coefficient (Wildman–Crippen LogP) is 2.56. The van der Waals surface area contributed by atoms with E-state index in [-0.39, 0.29) is 9.32 Å². The van der Waals surface area contributed by atoms with Crippen LogP contribution in [0.1, 0.15) is 12.1 Å². The summed E-state index contributed by atoms with van der Waals surface area (Å²) < 4.78 is 52.0. The monoisotopic (exact) mass is 383 g/mol. The minimum absolute atomic E-state index is 0.153. The Kier molecular flexibility index (Phi) is 4.29. The summed E-state index contributed by atoms with van der Waals surface area (Å²) in [6, 6.07) is 1.06. The third kappa shape index (κ3) is 2.92. The van der Waals surface area contributed by atoms with E-state index >= 15 is 0 Å². The molecule has 1 aromatic heterocycles. The highest BCUT2D eigenvalue weighted by molar-refractivity contribution is 14.1. The SMILES string of the molecule is COc1c(I)cc(S(=O)(=O)Cl)nc1C(F)F. The summed E-state index contributed by atoms with van der Waals surface area (Å²) in [5.74, 6) is -0.153. The third-order valence-electron chi connectivity index (χ3n) is 1.59. The zero-order valence-corrected chi connectivity index (χ0v) is 11.5. The highest BCUT2D eigenvalue weighted by atomic mass is 127. The number of aromatic nitrogens is 1. The molecule has 4 nitrogen and oxygen atoms in total. The van der Waals surface area contributed by atoms with Gasteiger partial charge in [0.05, 0.1) is 10.7 Å². The molecular weight excluding hydrogens is 379 g/mol. The van der Waals surface area contributed by atoms with E-state index in [1.165, 1.54) is 7.11 Å². The van der Waals surface area contributed by atoms with Gasteiger partial charge in [0, 0.05) is 10.7 Å². The van der Waals surface area contributed by atoms with Gasteiger partial charge in [0.15, 0.2) is 16.5 Å². The summed E-state index contributed by atoms with van der Waals surface area (Å²) in [4.78, 5) is 3.28. The molecule has 0 aromatic carbocycles. The molecule has 0 saturated carbocycles. The number of alkyl halides is 2. The summed E-state index contributed by atoms with van der Waals surface area (Å²) in [6.07, 6.45) is -2.94. The van der Waals surface area contributed by atoms with Gasteiger partial charge in [-0.25, -0.2) is 22.2 Å². The summed E-state index contributed by atoms with van der Waals surface area (Å²) in [6.45, 7) is 0. The maximum atomic E-state index is 12.6. The van der Waals surface area contributed by atoms with Crippen LogP contribution in [0, 0.1) is 3.57 Å². The third-order valence-corrected chi connectivity index (χ3v) is 3.58. The fourth-order valence-electron chi connectivity index (χ4n) is 0.973. The molecule has 16 heavy (non-hydrogen) atoms. The van der Waals surface area contributed by atoms with Gasteiger partial charge in [0.2, 0.25) is 0 Å². The predicted molar refractivity (Wildman–Crippen MR) is 61.5 cm³/mol. The second kappa shape index (κ2) is 4.96. The summed E-state index contributed by atoms with van der Waals surface area (Å²) in [5, 5.41) is -0.616. The van der Waals surface area contributed by atoms with Crippen LogP contribution in [0.25, 0.3) is 0 Å². The minimum atomic E-state index is -4.14. The minimum Gasteiger partial charge on any atom is -0.493 e. The van der Waals surface area contributed by atoms with Crippen molar-refractivity contribution in [3.63, 3.8) is 0 Å². The van der Waals surface area contributed by atoms with E-state index in [4.69, 9.17) is 15.4 Å². The van der Waals surface area contributed by atoms with Crippen molar-refractivity contribution in [1.29, 1.82) is 0 Å². The Morgan fingerprint density at radius 2 is 2.12 bits per heavy atom. The molecule has 0 amide bonds. The van der Waals surface area contributed by atoms with Crippen LogP contribution in [0.5, 0.6) is 5.75 Å². The van der Waals surface area contributed by atoms with Gasteiger partial charge in [0.1, 0.15) is 0 Å². The number of halogens is 4. The first-order valence-corrected chi connectivity index (χ1v) is 7.13. The van der Waals surface area contributed by atoms with Crippen molar-refractivity contribution in [3.05, 3.63) is 15.3 Å². The Morgan fingerprint density at radius 3 is 2.50 bits per heavy atom. The highest BCUT2D eigenvalue weighted by Gasteiger charge is 2.23. The van der Waals surface area contributed by atoms with Gasteiger partial charge in [-0.05, 0) is 28.7 Å². The van der Waals surface area contributed by atoms with E-state index in [1.807, 2.05) is 0 Å². The molecule has 0 aliphatic heterocycles. The average Bonchev–Trinajstić information content (AvgIpc) is 2.14. The van der Waals surface area contributed by atoms with E-state index in [0.29, 0.717) is 0 Å². The van der Waals surface area contributed by atoms with Crippen molar-refractivity contribution in [1.82, 2.24) is 4.98 Å². The van der Waals surface area contributed by atoms with Crippen LogP contribution >= 0.6 is 33.3 Å². The molecule has 1 aromatic rings. The number of hydrogen-bond donors (Lipinski definition) is 0. The fraction of sp³-hybridized carbons (Fsp3) is 0.286. The fourth-order valence-corrected chi connectivity index (χ4v) is 2.68. The lowest BCUT2D eigenvalue weighted by molar-refractivity contribution is 0.140. The van der Waals surface area contributed by atoms with Gasteiger partial charge in [-0.15, -0.1) is 0 Å². The number of rotatable bonds is 3. The average molecular weight is 384 g/mol. The molecule has 0 saturated heterocycles. The quantitative estimate of drug-likeness (QED) is 0.595. The Labute approximate surface area is 109 Å². The second-order valence-electron chi connectivity index (χ2n) is 2.60. The molecule has 0 N–H and O–H groups in total. The van der Waals surface area contributed by atoms with Crippen LogP contribution in [0.3, 0.4) is 0 Å². The van der Waals surface area contributed by atoms with Crippen LogP contribution in [0.4, 0.5) is 8.78 Å². The van der Waals surface area contributed by atoms with Crippen molar-refractivity contribution in [2.24, 2.45) is 0 Å². The molecule has 0 spiro atoms. The maximum absolute atomic E-state index is 12.6. The largest absolute Gasteiger partial charge is 0.493 e. The highest BCUT2D eigenvalue weighted by Crippen LogP contribution is 2.33. The van der Waals surface area contributed by atoms with Crippen molar-refractivity contribution in [2.75, 3.05) is 7.11 Å². The van der Waals surface area contributed by atoms with Gasteiger partial charge >= 0.3 is 0 Å². The Bertz CT molecular complexity index is 509. The number of ether oxygens (including phenoxy) is 1. The lowest BCUT2D eigenvalue weighted by atomic mass is 10.3. The Morgan fingerprint density at radius 1 is 1.56 bits per heavy atom. The van der Waals surface area contributed by atoms with E-state index in [1.54, 1.807) is 22.6 Å². The Balaban J connectivity index is 3.52. The molecule has 0 aliphatic carbocycles. The summed E-state index contributed by atoms with van der Waals surface area (Å²) in [7, 11) is 2.08. The molecule has 9 heteroatoms. The standard InChI is InChI=1S/C7H5ClF2INO3S/c1-15-6-3(11)2-4(16(8,13)14)12-5(6)7(9)10/h2,7H,1H3. The van der Waals surface area contributed by atoms with E-state index in [2.05, 4.69) is 4.98 Å². The number of pyridine rings is 1. The van der Waals surface area contributed by atoms with Crippen molar-refractivity contribution in [3.8, 4) is 5.75 Å². The molecule has 0 unspecified atom stereocenters. The maximum Gasteiger partial charge on any atom is 0.284 e. The van der Waals surface area contributed by atoms with Gasteiger partial charge < -0.3 is 4.74 Å². The smallest absolute Gasteiger partial charge is 0.284 e.